The zero-order valence-corrected chi connectivity index (χ0v) is 11.1. The molecule has 0 aliphatic heterocycles. The van der Waals surface area contributed by atoms with Gasteiger partial charge in [-0.25, -0.2) is 4.98 Å². The number of nitrogens with zero attached hydrogens (tertiary/aromatic N) is 2. The van der Waals surface area contributed by atoms with E-state index in [1.165, 1.54) is 11.3 Å². The number of carboxylic acids is 1. The smallest absolute Gasteiger partial charge is 0.312 e. The molecule has 0 saturated carbocycles. The third-order valence-corrected chi connectivity index (χ3v) is 3.83. The van der Waals surface area contributed by atoms with Crippen LogP contribution in [0.25, 0.3) is 0 Å². The Hall–Kier alpha value is -1.10. The fourth-order valence-corrected chi connectivity index (χ4v) is 2.83. The SMILES string of the molecule is Cc1nc(N(C)C)sc1C(C(=O)O)C(C)C. The Morgan fingerprint density at radius 3 is 2.31 bits per heavy atom. The first-order valence-corrected chi connectivity index (χ1v) is 6.03. The van der Waals surface area contributed by atoms with E-state index in [-0.39, 0.29) is 5.92 Å². The van der Waals surface area contributed by atoms with Gasteiger partial charge in [0.1, 0.15) is 0 Å². The van der Waals surface area contributed by atoms with Gasteiger partial charge in [0.05, 0.1) is 11.6 Å². The summed E-state index contributed by atoms with van der Waals surface area (Å²) < 4.78 is 0. The number of thiazole rings is 1. The fraction of sp³-hybridized carbons (Fsp3) is 0.636. The summed E-state index contributed by atoms with van der Waals surface area (Å²) in [5, 5.41) is 10.1. The molecule has 0 radical (unpaired) electrons. The maximum Gasteiger partial charge on any atom is 0.312 e. The summed E-state index contributed by atoms with van der Waals surface area (Å²) in [4.78, 5) is 18.4. The third kappa shape index (κ3) is 2.52. The minimum absolute atomic E-state index is 0.0756. The number of aromatic nitrogens is 1. The van der Waals surface area contributed by atoms with Gasteiger partial charge in [0.25, 0.3) is 0 Å². The van der Waals surface area contributed by atoms with E-state index in [0.29, 0.717) is 0 Å². The van der Waals surface area contributed by atoms with Crippen LogP contribution in [0.5, 0.6) is 0 Å². The lowest BCUT2D eigenvalue weighted by molar-refractivity contribution is -0.139. The lowest BCUT2D eigenvalue weighted by Crippen LogP contribution is -2.17. The topological polar surface area (TPSA) is 53.4 Å². The van der Waals surface area contributed by atoms with Gasteiger partial charge in [-0.05, 0) is 12.8 Å². The van der Waals surface area contributed by atoms with Crippen LogP contribution in [-0.2, 0) is 4.79 Å². The van der Waals surface area contributed by atoms with E-state index in [2.05, 4.69) is 4.98 Å². The van der Waals surface area contributed by atoms with E-state index in [9.17, 15) is 9.90 Å². The summed E-state index contributed by atoms with van der Waals surface area (Å²) in [6, 6.07) is 0. The Balaban J connectivity index is 3.15. The maximum atomic E-state index is 11.2. The average Bonchev–Trinajstić information content (AvgIpc) is 2.47. The number of carbonyl (C=O) groups is 1. The third-order valence-electron chi connectivity index (χ3n) is 2.42. The van der Waals surface area contributed by atoms with Crippen molar-refractivity contribution in [3.63, 3.8) is 0 Å². The van der Waals surface area contributed by atoms with E-state index in [0.717, 1.165) is 15.7 Å². The van der Waals surface area contributed by atoms with Gasteiger partial charge in [-0.1, -0.05) is 13.8 Å². The van der Waals surface area contributed by atoms with Gasteiger partial charge in [0.2, 0.25) is 0 Å². The van der Waals surface area contributed by atoms with E-state index in [1.54, 1.807) is 0 Å². The highest BCUT2D eigenvalue weighted by Gasteiger charge is 2.28. The predicted octanol–water partition coefficient (Wildman–Crippen LogP) is 2.34. The molecule has 1 rings (SSSR count). The largest absolute Gasteiger partial charge is 0.481 e. The second-order valence-electron chi connectivity index (χ2n) is 4.40. The van der Waals surface area contributed by atoms with Crippen LogP contribution in [0.15, 0.2) is 0 Å². The number of aryl methyl sites for hydroxylation is 1. The molecule has 4 nitrogen and oxygen atoms in total. The van der Waals surface area contributed by atoms with Crippen molar-refractivity contribution in [2.75, 3.05) is 19.0 Å². The molecule has 16 heavy (non-hydrogen) atoms. The molecule has 1 aromatic heterocycles. The van der Waals surface area contributed by atoms with Crippen molar-refractivity contribution in [1.82, 2.24) is 4.98 Å². The molecular formula is C11H18N2O2S. The van der Waals surface area contributed by atoms with E-state index >= 15 is 0 Å². The van der Waals surface area contributed by atoms with Crippen molar-refractivity contribution in [1.29, 1.82) is 0 Å². The van der Waals surface area contributed by atoms with Crippen molar-refractivity contribution >= 4 is 22.4 Å². The number of hydrogen-bond donors (Lipinski definition) is 1. The Bertz CT molecular complexity index is 385. The van der Waals surface area contributed by atoms with Crippen LogP contribution in [0.1, 0.15) is 30.3 Å². The van der Waals surface area contributed by atoms with E-state index in [1.807, 2.05) is 39.8 Å². The quantitative estimate of drug-likeness (QED) is 0.880. The average molecular weight is 242 g/mol. The molecule has 5 heteroatoms. The summed E-state index contributed by atoms with van der Waals surface area (Å²) in [6.07, 6.45) is 0. The summed E-state index contributed by atoms with van der Waals surface area (Å²) in [5.41, 5.74) is 0.829. The second-order valence-corrected chi connectivity index (χ2v) is 5.41. The van der Waals surface area contributed by atoms with Crippen LogP contribution in [-0.4, -0.2) is 30.2 Å². The molecular weight excluding hydrogens is 224 g/mol. The number of hydrogen-bond acceptors (Lipinski definition) is 4. The molecule has 0 aliphatic rings. The molecule has 0 aliphatic carbocycles. The zero-order chi connectivity index (χ0) is 12.5. The highest BCUT2D eigenvalue weighted by molar-refractivity contribution is 7.15. The lowest BCUT2D eigenvalue weighted by Gasteiger charge is -2.14. The van der Waals surface area contributed by atoms with Crippen LogP contribution >= 0.6 is 11.3 Å². The van der Waals surface area contributed by atoms with Crippen molar-refractivity contribution in [3.8, 4) is 0 Å². The predicted molar refractivity (Wildman–Crippen MR) is 66.4 cm³/mol. The number of rotatable bonds is 4. The van der Waals surface area contributed by atoms with E-state index in [4.69, 9.17) is 0 Å². The monoisotopic (exact) mass is 242 g/mol. The first-order chi connectivity index (χ1) is 7.34. The molecule has 1 N–H and O–H groups in total. The molecule has 0 fully saturated rings. The summed E-state index contributed by atoms with van der Waals surface area (Å²) in [7, 11) is 3.82. The van der Waals surface area contributed by atoms with Crippen molar-refractivity contribution < 1.29 is 9.90 Å². The van der Waals surface area contributed by atoms with Gasteiger partial charge >= 0.3 is 5.97 Å². The van der Waals surface area contributed by atoms with Gasteiger partial charge < -0.3 is 10.0 Å². The van der Waals surface area contributed by atoms with Crippen molar-refractivity contribution in [3.05, 3.63) is 10.6 Å². The van der Waals surface area contributed by atoms with Crippen LogP contribution in [0.2, 0.25) is 0 Å². The Morgan fingerprint density at radius 1 is 1.44 bits per heavy atom. The molecule has 90 valence electrons. The highest BCUT2D eigenvalue weighted by Crippen LogP contribution is 2.35. The molecule has 0 aromatic carbocycles. The molecule has 0 bridgehead atoms. The first kappa shape index (κ1) is 13.0. The summed E-state index contributed by atoms with van der Waals surface area (Å²) in [5.74, 6) is -1.15. The molecule has 1 heterocycles. The summed E-state index contributed by atoms with van der Waals surface area (Å²) >= 11 is 1.47. The first-order valence-electron chi connectivity index (χ1n) is 5.22. The Kier molecular flexibility index (Phi) is 3.91. The fourth-order valence-electron chi connectivity index (χ4n) is 1.57. The standard InChI is InChI=1S/C11H18N2O2S/c1-6(2)8(10(14)15)9-7(3)12-11(16-9)13(4)5/h6,8H,1-5H3,(H,14,15). The van der Waals surface area contributed by atoms with Crippen LogP contribution < -0.4 is 4.90 Å². The normalized spacial score (nSPS) is 12.9. The zero-order valence-electron chi connectivity index (χ0n) is 10.3. The van der Waals surface area contributed by atoms with Gasteiger partial charge in [0, 0.05) is 19.0 Å². The van der Waals surface area contributed by atoms with Crippen LogP contribution in [0.3, 0.4) is 0 Å². The van der Waals surface area contributed by atoms with Crippen LogP contribution in [0, 0.1) is 12.8 Å². The van der Waals surface area contributed by atoms with Gasteiger partial charge in [-0.3, -0.25) is 4.79 Å². The van der Waals surface area contributed by atoms with Crippen molar-refractivity contribution in [2.24, 2.45) is 5.92 Å². The molecule has 0 spiro atoms. The second kappa shape index (κ2) is 4.82. The minimum atomic E-state index is -0.771. The van der Waals surface area contributed by atoms with Gasteiger partial charge in [-0.2, -0.15) is 0 Å². The number of aliphatic carboxylic acids is 1. The number of carboxylic acid groups (broad SMARTS) is 1. The molecule has 0 saturated heterocycles. The number of anilines is 1. The maximum absolute atomic E-state index is 11.2. The van der Waals surface area contributed by atoms with E-state index < -0.39 is 11.9 Å². The lowest BCUT2D eigenvalue weighted by atomic mass is 9.93. The highest BCUT2D eigenvalue weighted by atomic mass is 32.1. The Morgan fingerprint density at radius 2 is 2.00 bits per heavy atom. The Labute approximate surface area is 99.9 Å². The molecule has 0 amide bonds. The van der Waals surface area contributed by atoms with Gasteiger partial charge in [0.15, 0.2) is 5.13 Å². The molecule has 1 unspecified atom stereocenters. The molecule has 1 aromatic rings. The van der Waals surface area contributed by atoms with Gasteiger partial charge in [-0.15, -0.1) is 11.3 Å². The van der Waals surface area contributed by atoms with Crippen molar-refractivity contribution in [2.45, 2.75) is 26.7 Å². The molecule has 1 atom stereocenters. The van der Waals surface area contributed by atoms with Crippen LogP contribution in [0.4, 0.5) is 5.13 Å². The summed E-state index contributed by atoms with van der Waals surface area (Å²) in [6.45, 7) is 5.72. The minimum Gasteiger partial charge on any atom is -0.481 e.